The summed E-state index contributed by atoms with van der Waals surface area (Å²) in [4.78, 5) is 11.7. The average molecular weight is 130 g/mol. The number of carbonyl (C=O) groups is 1. The summed E-state index contributed by atoms with van der Waals surface area (Å²) >= 11 is 0. The monoisotopic (exact) mass is 130 g/mol. The van der Waals surface area contributed by atoms with Crippen LogP contribution in [-0.2, 0) is 4.74 Å². The van der Waals surface area contributed by atoms with Crippen molar-refractivity contribution in [2.75, 3.05) is 13.2 Å². The highest BCUT2D eigenvalue weighted by Crippen LogP contribution is 1.82. The molecule has 1 rings (SSSR count). The van der Waals surface area contributed by atoms with Crippen molar-refractivity contribution >= 4 is 6.09 Å². The van der Waals surface area contributed by atoms with Crippen LogP contribution in [0.3, 0.4) is 0 Å². The first-order chi connectivity index (χ1) is 4.31. The maximum absolute atomic E-state index is 9.91. The zero-order valence-electron chi connectivity index (χ0n) is 4.63. The van der Waals surface area contributed by atoms with E-state index in [1.807, 2.05) is 0 Å². The van der Waals surface area contributed by atoms with Gasteiger partial charge in [0, 0.05) is 0 Å². The van der Waals surface area contributed by atoms with Crippen LogP contribution in [0.2, 0.25) is 0 Å². The molecule has 1 aliphatic rings. The van der Waals surface area contributed by atoms with Crippen molar-refractivity contribution in [3.05, 3.63) is 10.4 Å². The van der Waals surface area contributed by atoms with Gasteiger partial charge in [0.2, 0.25) is 0 Å². The first-order valence-electron chi connectivity index (χ1n) is 2.22. The number of cyclic esters (lactones) is 1. The average Bonchev–Trinajstić information content (AvgIpc) is 2.20. The molecule has 0 aromatic carbocycles. The van der Waals surface area contributed by atoms with E-state index in [-0.39, 0.29) is 6.09 Å². The summed E-state index contributed by atoms with van der Waals surface area (Å²) in [6.45, 7) is 1.19. The van der Waals surface area contributed by atoms with Gasteiger partial charge < -0.3 is 10.1 Å². The van der Waals surface area contributed by atoms with E-state index >= 15 is 0 Å². The number of carbonyl (C=O) groups excluding carboxylic acids is 1. The molecule has 0 spiro atoms. The molecular weight excluding hydrogens is 124 g/mol. The minimum atomic E-state index is -0.296. The van der Waals surface area contributed by atoms with Crippen molar-refractivity contribution in [3.63, 3.8) is 0 Å². The van der Waals surface area contributed by atoms with E-state index in [1.54, 1.807) is 4.91 Å². The molecule has 1 amide bonds. The molecule has 0 radical (unpaired) electrons. The van der Waals surface area contributed by atoms with Crippen LogP contribution in [0.25, 0.3) is 10.4 Å². The fraction of sp³-hybridized carbons (Fsp3) is 0.667. The van der Waals surface area contributed by atoms with Crippen LogP contribution in [0.1, 0.15) is 0 Å². The Morgan fingerprint density at radius 3 is 2.56 bits per heavy atom. The molecule has 1 aliphatic heterocycles. The lowest BCUT2D eigenvalue weighted by molar-refractivity contribution is 0.178. The molecule has 0 aromatic rings. The largest absolute Gasteiger partial charge is 0.448 e. The molecule has 1 heterocycles. The van der Waals surface area contributed by atoms with E-state index in [4.69, 9.17) is 11.1 Å². The molecule has 0 atom stereocenters. The van der Waals surface area contributed by atoms with E-state index < -0.39 is 0 Å². The van der Waals surface area contributed by atoms with Crippen molar-refractivity contribution in [1.29, 1.82) is 5.53 Å². The Kier molecular flexibility index (Phi) is 3.99. The molecule has 6 nitrogen and oxygen atoms in total. The Morgan fingerprint density at radius 1 is 1.89 bits per heavy atom. The number of hydrogen-bond acceptors (Lipinski definition) is 3. The first-order valence-corrected chi connectivity index (χ1v) is 2.22. The van der Waals surface area contributed by atoms with Crippen molar-refractivity contribution in [2.45, 2.75) is 0 Å². The molecule has 50 valence electrons. The summed E-state index contributed by atoms with van der Waals surface area (Å²) in [7, 11) is 0. The number of rotatable bonds is 0. The molecule has 0 saturated carbocycles. The standard InChI is InChI=1S/C3H5NO2.HN3/c5-3-4-1-2-6-3;1-3-2/h1-2H2,(H,4,5);1H. The first kappa shape index (κ1) is 7.58. The molecule has 9 heavy (non-hydrogen) atoms. The molecule has 6 heteroatoms. The smallest absolute Gasteiger partial charge is 0.407 e. The van der Waals surface area contributed by atoms with Crippen LogP contribution < -0.4 is 5.32 Å². The maximum atomic E-state index is 9.91. The molecule has 2 N–H and O–H groups in total. The molecule has 0 aliphatic carbocycles. The van der Waals surface area contributed by atoms with Gasteiger partial charge in [0.25, 0.3) is 0 Å². The van der Waals surface area contributed by atoms with Crippen molar-refractivity contribution in [2.24, 2.45) is 0 Å². The lowest BCUT2D eigenvalue weighted by Crippen LogP contribution is -2.11. The van der Waals surface area contributed by atoms with Crippen LogP contribution in [0.5, 0.6) is 0 Å². The van der Waals surface area contributed by atoms with Crippen molar-refractivity contribution in [1.82, 2.24) is 5.32 Å². The van der Waals surface area contributed by atoms with E-state index in [9.17, 15) is 4.79 Å². The van der Waals surface area contributed by atoms with Gasteiger partial charge in [0.15, 0.2) is 0 Å². The number of ether oxygens (including phenoxy) is 1. The summed E-state index contributed by atoms with van der Waals surface area (Å²) in [6, 6.07) is 0. The third-order valence-corrected chi connectivity index (χ3v) is 0.605. The lowest BCUT2D eigenvalue weighted by Gasteiger charge is -1.80. The topological polar surface area (TPSA) is 98.6 Å². The fourth-order valence-corrected chi connectivity index (χ4v) is 0.348. The predicted octanol–water partition coefficient (Wildman–Crippen LogP) is 0.602. The lowest BCUT2D eigenvalue weighted by atomic mass is 10.7. The summed E-state index contributed by atoms with van der Waals surface area (Å²) < 4.78 is 4.40. The maximum Gasteiger partial charge on any atom is 0.407 e. The zero-order chi connectivity index (χ0) is 7.11. The highest BCUT2D eigenvalue weighted by molar-refractivity contribution is 5.68. The number of hydrogen-bond donors (Lipinski definition) is 2. The van der Waals surface area contributed by atoms with Crippen LogP contribution in [0, 0.1) is 5.53 Å². The molecule has 1 saturated heterocycles. The van der Waals surface area contributed by atoms with Crippen LogP contribution in [-0.4, -0.2) is 19.2 Å². The number of nitrogens with one attached hydrogen (secondary N) is 2. The highest BCUT2D eigenvalue weighted by Gasteiger charge is 2.06. The SMILES string of the molecule is O=C1NCCO1.[N-]=[N+]=N. The van der Waals surface area contributed by atoms with Crippen LogP contribution >= 0.6 is 0 Å². The van der Waals surface area contributed by atoms with Gasteiger partial charge in [-0.2, -0.15) is 0 Å². The Morgan fingerprint density at radius 2 is 2.44 bits per heavy atom. The Balaban J connectivity index is 0.000000187. The summed E-state index contributed by atoms with van der Waals surface area (Å²) in [5, 5.41) is 2.46. The van der Waals surface area contributed by atoms with Gasteiger partial charge in [-0.05, 0) is 10.4 Å². The number of nitrogens with zero attached hydrogens (tertiary/aromatic N) is 2. The van der Waals surface area contributed by atoms with Crippen LogP contribution in [0.4, 0.5) is 4.79 Å². The van der Waals surface area contributed by atoms with Crippen molar-refractivity contribution in [3.8, 4) is 0 Å². The van der Waals surface area contributed by atoms with E-state index in [2.05, 4.69) is 10.1 Å². The van der Waals surface area contributed by atoms with E-state index in [1.165, 1.54) is 0 Å². The summed E-state index contributed by atoms with van der Waals surface area (Å²) in [5.41, 5.74) is 12.2. The summed E-state index contributed by atoms with van der Waals surface area (Å²) in [5.74, 6) is 0. The second-order valence-corrected chi connectivity index (χ2v) is 1.16. The van der Waals surface area contributed by atoms with Gasteiger partial charge in [0.05, 0.1) is 6.54 Å². The zero-order valence-corrected chi connectivity index (χ0v) is 4.63. The van der Waals surface area contributed by atoms with E-state index in [0.717, 1.165) is 0 Å². The predicted molar refractivity (Wildman–Crippen MR) is 28.8 cm³/mol. The van der Waals surface area contributed by atoms with E-state index in [0.29, 0.717) is 13.2 Å². The minimum absolute atomic E-state index is 0.296. The van der Waals surface area contributed by atoms with Gasteiger partial charge in [-0.15, -0.1) is 5.53 Å². The number of amides is 1. The van der Waals surface area contributed by atoms with Crippen molar-refractivity contribution < 1.29 is 9.53 Å². The Labute approximate surface area is 51.2 Å². The minimum Gasteiger partial charge on any atom is -0.448 e. The third-order valence-electron chi connectivity index (χ3n) is 0.605. The van der Waals surface area contributed by atoms with Gasteiger partial charge in [0.1, 0.15) is 6.61 Å². The molecule has 0 bridgehead atoms. The number of alkyl carbamates (subject to hydrolysis) is 1. The molecule has 0 aromatic heterocycles. The third kappa shape index (κ3) is 4.43. The van der Waals surface area contributed by atoms with Gasteiger partial charge in [-0.3, -0.25) is 0 Å². The van der Waals surface area contributed by atoms with Gasteiger partial charge in [-0.25, -0.2) is 4.79 Å². The summed E-state index contributed by atoms with van der Waals surface area (Å²) in [6.07, 6.45) is -0.296. The second-order valence-electron chi connectivity index (χ2n) is 1.16. The van der Waals surface area contributed by atoms with Gasteiger partial charge >= 0.3 is 6.09 Å². The van der Waals surface area contributed by atoms with Crippen LogP contribution in [0.15, 0.2) is 0 Å². The molecule has 0 unspecified atom stereocenters. The van der Waals surface area contributed by atoms with Gasteiger partial charge in [-0.1, -0.05) is 0 Å². The fourth-order valence-electron chi connectivity index (χ4n) is 0.348. The normalized spacial score (nSPS) is 14.0. The Hall–Kier alpha value is -1.42. The quantitative estimate of drug-likeness (QED) is 0.285. The highest BCUT2D eigenvalue weighted by atomic mass is 16.6. The Bertz CT molecular complexity index is 120. The second kappa shape index (κ2) is 4.73. The molecular formula is C3H6N4O2. The molecule has 1 fully saturated rings.